The molecule has 0 aliphatic carbocycles. The van der Waals surface area contributed by atoms with Gasteiger partial charge < -0.3 is 5.32 Å². The second-order valence-corrected chi connectivity index (χ2v) is 6.41. The van der Waals surface area contributed by atoms with Crippen molar-refractivity contribution in [2.75, 3.05) is 6.54 Å². The molecule has 0 bridgehead atoms. The number of hydrogen-bond acceptors (Lipinski definition) is 2. The molecule has 0 atom stereocenters. The van der Waals surface area contributed by atoms with E-state index < -0.39 is 11.6 Å². The molecule has 0 fully saturated rings. The Labute approximate surface area is 128 Å². The molecule has 21 heavy (non-hydrogen) atoms. The zero-order chi connectivity index (χ0) is 15.2. The largest absolute Gasteiger partial charge is 0.312 e. The van der Waals surface area contributed by atoms with Crippen LogP contribution in [0.5, 0.6) is 0 Å². The Morgan fingerprint density at radius 2 is 1.67 bits per heavy atom. The number of nitrogens with one attached hydrogen (secondary N) is 1. The first-order valence-corrected chi connectivity index (χ1v) is 7.79. The van der Waals surface area contributed by atoms with E-state index in [1.165, 1.54) is 12.1 Å². The number of hydrogen-bond donors (Lipinski definition) is 1. The van der Waals surface area contributed by atoms with Crippen LogP contribution in [-0.4, -0.2) is 6.54 Å². The van der Waals surface area contributed by atoms with Gasteiger partial charge in [-0.25, -0.2) is 8.78 Å². The SMILES string of the molecule is CC(C)CNCc1cc(F)c(Sc2ccccc2)c(F)c1. The first-order valence-electron chi connectivity index (χ1n) is 6.98. The summed E-state index contributed by atoms with van der Waals surface area (Å²) < 4.78 is 28.2. The highest BCUT2D eigenvalue weighted by molar-refractivity contribution is 7.99. The van der Waals surface area contributed by atoms with Gasteiger partial charge in [-0.15, -0.1) is 0 Å². The summed E-state index contributed by atoms with van der Waals surface area (Å²) in [5.41, 5.74) is 0.628. The molecule has 0 amide bonds. The second-order valence-electron chi connectivity index (χ2n) is 5.33. The van der Waals surface area contributed by atoms with Crippen LogP contribution < -0.4 is 5.32 Å². The minimum absolute atomic E-state index is 0.0498. The van der Waals surface area contributed by atoms with Crippen LogP contribution in [0.15, 0.2) is 52.3 Å². The van der Waals surface area contributed by atoms with E-state index in [1.54, 1.807) is 0 Å². The van der Waals surface area contributed by atoms with E-state index in [0.717, 1.165) is 23.2 Å². The first kappa shape index (κ1) is 16.0. The molecular weight excluding hydrogens is 288 g/mol. The Kier molecular flexibility index (Phi) is 5.76. The van der Waals surface area contributed by atoms with Gasteiger partial charge in [0.25, 0.3) is 0 Å². The predicted octanol–water partition coefficient (Wildman–Crippen LogP) is 4.86. The zero-order valence-corrected chi connectivity index (χ0v) is 13.0. The molecular formula is C17H19F2NS. The topological polar surface area (TPSA) is 12.0 Å². The average molecular weight is 307 g/mol. The van der Waals surface area contributed by atoms with Crippen molar-refractivity contribution in [3.8, 4) is 0 Å². The summed E-state index contributed by atoms with van der Waals surface area (Å²) in [5.74, 6) is -0.511. The van der Waals surface area contributed by atoms with Crippen LogP contribution >= 0.6 is 11.8 Å². The lowest BCUT2D eigenvalue weighted by Gasteiger charge is -2.10. The molecule has 0 heterocycles. The number of benzene rings is 2. The fraction of sp³-hybridized carbons (Fsp3) is 0.294. The molecule has 0 unspecified atom stereocenters. The summed E-state index contributed by atoms with van der Waals surface area (Å²) in [6.45, 7) is 5.48. The van der Waals surface area contributed by atoms with Gasteiger partial charge >= 0.3 is 0 Å². The third kappa shape index (κ3) is 4.83. The molecule has 2 rings (SSSR count). The van der Waals surface area contributed by atoms with Crippen molar-refractivity contribution in [1.29, 1.82) is 0 Å². The molecule has 0 aliphatic heterocycles. The van der Waals surface area contributed by atoms with E-state index in [2.05, 4.69) is 19.2 Å². The van der Waals surface area contributed by atoms with Crippen molar-refractivity contribution in [1.82, 2.24) is 5.32 Å². The lowest BCUT2D eigenvalue weighted by atomic mass is 10.2. The molecule has 112 valence electrons. The third-order valence-corrected chi connectivity index (χ3v) is 4.00. The summed E-state index contributed by atoms with van der Waals surface area (Å²) in [5, 5.41) is 3.18. The molecule has 2 aromatic carbocycles. The second kappa shape index (κ2) is 7.57. The highest BCUT2D eigenvalue weighted by Gasteiger charge is 2.12. The van der Waals surface area contributed by atoms with Crippen molar-refractivity contribution in [2.45, 2.75) is 30.2 Å². The summed E-state index contributed by atoms with van der Waals surface area (Å²) >= 11 is 1.11. The van der Waals surface area contributed by atoms with Gasteiger partial charge in [0.15, 0.2) is 0 Å². The quantitative estimate of drug-likeness (QED) is 0.818. The Balaban J connectivity index is 2.10. The highest BCUT2D eigenvalue weighted by Crippen LogP contribution is 2.32. The van der Waals surface area contributed by atoms with Crippen molar-refractivity contribution in [3.63, 3.8) is 0 Å². The summed E-state index contributed by atoms with van der Waals surface area (Å²) in [6, 6.07) is 12.1. The maximum atomic E-state index is 14.1. The van der Waals surface area contributed by atoms with Gasteiger partial charge in [0.05, 0.1) is 4.90 Å². The van der Waals surface area contributed by atoms with E-state index in [-0.39, 0.29) is 4.90 Å². The molecule has 0 saturated carbocycles. The molecule has 4 heteroatoms. The Hall–Kier alpha value is -1.39. The van der Waals surface area contributed by atoms with E-state index in [0.29, 0.717) is 18.0 Å². The average Bonchev–Trinajstić information content (AvgIpc) is 2.44. The third-order valence-electron chi connectivity index (χ3n) is 2.90. The van der Waals surface area contributed by atoms with Crippen molar-refractivity contribution in [3.05, 3.63) is 59.7 Å². The van der Waals surface area contributed by atoms with Crippen LogP contribution in [0.2, 0.25) is 0 Å². The molecule has 0 saturated heterocycles. The fourth-order valence-corrected chi connectivity index (χ4v) is 2.77. The van der Waals surface area contributed by atoms with E-state index in [4.69, 9.17) is 0 Å². The molecule has 2 aromatic rings. The normalized spacial score (nSPS) is 11.1. The molecule has 0 aromatic heterocycles. The first-order chi connectivity index (χ1) is 10.1. The number of rotatable bonds is 6. The minimum atomic E-state index is -0.509. The zero-order valence-electron chi connectivity index (χ0n) is 12.2. The van der Waals surface area contributed by atoms with Crippen LogP contribution in [-0.2, 0) is 6.54 Å². The lowest BCUT2D eigenvalue weighted by molar-refractivity contribution is 0.525. The van der Waals surface area contributed by atoms with Crippen molar-refractivity contribution in [2.24, 2.45) is 5.92 Å². The van der Waals surface area contributed by atoms with Crippen LogP contribution in [0.4, 0.5) is 8.78 Å². The monoisotopic (exact) mass is 307 g/mol. The Morgan fingerprint density at radius 1 is 1.05 bits per heavy atom. The van der Waals surface area contributed by atoms with Gasteiger partial charge in [-0.1, -0.05) is 43.8 Å². The van der Waals surface area contributed by atoms with Gasteiger partial charge in [0.2, 0.25) is 0 Å². The highest BCUT2D eigenvalue weighted by atomic mass is 32.2. The van der Waals surface area contributed by atoms with E-state index in [9.17, 15) is 8.78 Å². The maximum Gasteiger partial charge on any atom is 0.140 e. The predicted molar refractivity (Wildman–Crippen MR) is 83.5 cm³/mol. The van der Waals surface area contributed by atoms with Gasteiger partial charge in [-0.3, -0.25) is 0 Å². The number of halogens is 2. The smallest absolute Gasteiger partial charge is 0.140 e. The van der Waals surface area contributed by atoms with Crippen LogP contribution in [0.3, 0.4) is 0 Å². The van der Waals surface area contributed by atoms with Gasteiger partial charge in [-0.05, 0) is 42.3 Å². The standard InChI is InChI=1S/C17H19F2NS/c1-12(2)10-20-11-13-8-15(18)17(16(19)9-13)21-14-6-4-3-5-7-14/h3-9,12,20H,10-11H2,1-2H3. The molecule has 0 radical (unpaired) electrons. The van der Waals surface area contributed by atoms with Crippen LogP contribution in [0.1, 0.15) is 19.4 Å². The van der Waals surface area contributed by atoms with E-state index >= 15 is 0 Å². The molecule has 0 aliphatic rings. The molecule has 0 spiro atoms. The van der Waals surface area contributed by atoms with Gasteiger partial charge in [-0.2, -0.15) is 0 Å². The summed E-state index contributed by atoms with van der Waals surface area (Å²) in [4.78, 5) is 0.870. The lowest BCUT2D eigenvalue weighted by Crippen LogP contribution is -2.19. The maximum absolute atomic E-state index is 14.1. The van der Waals surface area contributed by atoms with Crippen molar-refractivity contribution < 1.29 is 8.78 Å². The van der Waals surface area contributed by atoms with Crippen molar-refractivity contribution >= 4 is 11.8 Å². The molecule has 1 nitrogen and oxygen atoms in total. The Bertz CT molecular complexity index is 562. The van der Waals surface area contributed by atoms with Crippen LogP contribution in [0, 0.1) is 17.6 Å². The van der Waals surface area contributed by atoms with E-state index in [1.807, 2.05) is 30.3 Å². The summed E-state index contributed by atoms with van der Waals surface area (Å²) in [6.07, 6.45) is 0. The van der Waals surface area contributed by atoms with Gasteiger partial charge in [0, 0.05) is 11.4 Å². The Morgan fingerprint density at radius 3 is 2.24 bits per heavy atom. The van der Waals surface area contributed by atoms with Crippen LogP contribution in [0.25, 0.3) is 0 Å². The minimum Gasteiger partial charge on any atom is -0.312 e. The summed E-state index contributed by atoms with van der Waals surface area (Å²) in [7, 11) is 0. The fourth-order valence-electron chi connectivity index (χ4n) is 1.92. The molecule has 1 N–H and O–H groups in total. The van der Waals surface area contributed by atoms with Gasteiger partial charge in [0.1, 0.15) is 11.6 Å².